The summed E-state index contributed by atoms with van der Waals surface area (Å²) in [6, 6.07) is 15.8. The maximum absolute atomic E-state index is 12.4. The number of carbonyl (C=O) groups is 1. The highest BCUT2D eigenvalue weighted by Gasteiger charge is 2.11. The lowest BCUT2D eigenvalue weighted by atomic mass is 10.1. The number of hydrogen-bond donors (Lipinski definition) is 2. The van der Waals surface area contributed by atoms with E-state index in [0.717, 1.165) is 26.3 Å². The molecule has 0 aliphatic rings. The molecule has 4 aromatic rings. The van der Waals surface area contributed by atoms with Crippen LogP contribution in [0.2, 0.25) is 0 Å². The zero-order chi connectivity index (χ0) is 22.9. The van der Waals surface area contributed by atoms with Crippen LogP contribution in [0.1, 0.15) is 11.1 Å². The second kappa shape index (κ2) is 8.93. The average molecular weight is 484 g/mol. The van der Waals surface area contributed by atoms with Gasteiger partial charge in [0.1, 0.15) is 0 Å². The Morgan fingerprint density at radius 2 is 1.78 bits per heavy atom. The van der Waals surface area contributed by atoms with E-state index in [0.29, 0.717) is 10.7 Å². The zero-order valence-corrected chi connectivity index (χ0v) is 20.1. The van der Waals surface area contributed by atoms with E-state index in [4.69, 9.17) is 0 Å². The normalized spacial score (nSPS) is 11.5. The van der Waals surface area contributed by atoms with Gasteiger partial charge in [-0.15, -0.1) is 11.3 Å². The average Bonchev–Trinajstić information content (AvgIpc) is 3.15. The smallest absolute Gasteiger partial charge is 0.308 e. The van der Waals surface area contributed by atoms with Crippen molar-refractivity contribution in [3.05, 3.63) is 71.9 Å². The molecule has 2 N–H and O–H groups in total. The summed E-state index contributed by atoms with van der Waals surface area (Å²) in [5.41, 5.74) is 3.80. The van der Waals surface area contributed by atoms with Crippen molar-refractivity contribution < 1.29 is 13.2 Å². The van der Waals surface area contributed by atoms with Crippen LogP contribution in [-0.4, -0.2) is 25.7 Å². The number of benzene rings is 2. The first-order chi connectivity index (χ1) is 15.2. The van der Waals surface area contributed by atoms with E-state index in [-0.39, 0.29) is 4.90 Å². The minimum Gasteiger partial charge on any atom is -0.308 e. The van der Waals surface area contributed by atoms with E-state index in [9.17, 15) is 13.2 Å². The molecule has 0 aliphatic heterocycles. The van der Waals surface area contributed by atoms with Gasteiger partial charge >= 0.3 is 6.03 Å². The number of sulfone groups is 1. The third-order valence-electron chi connectivity index (χ3n) is 4.87. The number of aromatic nitrogens is 1. The number of amides is 2. The molecule has 9 heteroatoms. The molecule has 2 heterocycles. The molecule has 0 bridgehead atoms. The monoisotopic (exact) mass is 483 g/mol. The first kappa shape index (κ1) is 22.3. The molecule has 0 fully saturated rings. The van der Waals surface area contributed by atoms with Crippen molar-refractivity contribution in [2.45, 2.75) is 27.8 Å². The molecule has 32 heavy (non-hydrogen) atoms. The third-order valence-corrected chi connectivity index (χ3v) is 8.18. The predicted molar refractivity (Wildman–Crippen MR) is 132 cm³/mol. The van der Waals surface area contributed by atoms with Crippen molar-refractivity contribution in [3.63, 3.8) is 0 Å². The van der Waals surface area contributed by atoms with Crippen LogP contribution in [0.25, 0.3) is 10.9 Å². The van der Waals surface area contributed by atoms with Gasteiger partial charge in [0, 0.05) is 28.4 Å². The Kier molecular flexibility index (Phi) is 6.23. The number of nitrogens with one attached hydrogen (secondary N) is 2. The first-order valence-electron chi connectivity index (χ1n) is 9.71. The predicted octanol–water partition coefficient (Wildman–Crippen LogP) is 6.11. The second-order valence-corrected chi connectivity index (χ2v) is 11.8. The van der Waals surface area contributed by atoms with Crippen molar-refractivity contribution in [3.8, 4) is 0 Å². The van der Waals surface area contributed by atoms with E-state index in [2.05, 4.69) is 41.6 Å². The first-order valence-corrected chi connectivity index (χ1v) is 13.2. The van der Waals surface area contributed by atoms with Crippen molar-refractivity contribution in [2.75, 3.05) is 16.9 Å². The summed E-state index contributed by atoms with van der Waals surface area (Å²) < 4.78 is 24.4. The van der Waals surface area contributed by atoms with E-state index < -0.39 is 15.9 Å². The van der Waals surface area contributed by atoms with Crippen molar-refractivity contribution in [1.82, 2.24) is 4.98 Å². The topological polar surface area (TPSA) is 88.2 Å². The van der Waals surface area contributed by atoms with Crippen LogP contribution in [0, 0.1) is 13.8 Å². The van der Waals surface area contributed by atoms with Gasteiger partial charge in [0.05, 0.1) is 19.6 Å². The highest BCUT2D eigenvalue weighted by Crippen LogP contribution is 2.39. The molecule has 164 valence electrons. The number of nitrogens with zero attached hydrogens (tertiary/aromatic N) is 1. The van der Waals surface area contributed by atoms with E-state index in [1.807, 2.05) is 24.4 Å². The Hall–Kier alpha value is -2.88. The fourth-order valence-corrected chi connectivity index (χ4v) is 5.86. The maximum Gasteiger partial charge on any atom is 0.324 e. The Morgan fingerprint density at radius 3 is 2.56 bits per heavy atom. The van der Waals surface area contributed by atoms with Crippen molar-refractivity contribution in [2.24, 2.45) is 0 Å². The van der Waals surface area contributed by atoms with Gasteiger partial charge in [-0.3, -0.25) is 10.3 Å². The van der Waals surface area contributed by atoms with Crippen LogP contribution >= 0.6 is 23.1 Å². The summed E-state index contributed by atoms with van der Waals surface area (Å²) in [6.07, 6.45) is 2.94. The number of pyridine rings is 1. The Morgan fingerprint density at radius 1 is 1.00 bits per heavy atom. The van der Waals surface area contributed by atoms with Crippen LogP contribution in [0.15, 0.2) is 74.8 Å². The molecule has 2 aromatic heterocycles. The lowest BCUT2D eigenvalue weighted by Crippen LogP contribution is -2.18. The van der Waals surface area contributed by atoms with Gasteiger partial charge < -0.3 is 5.32 Å². The molecule has 0 aliphatic carbocycles. The lowest BCUT2D eigenvalue weighted by Gasteiger charge is -2.08. The summed E-state index contributed by atoms with van der Waals surface area (Å²) in [6.45, 7) is 4.17. The summed E-state index contributed by atoms with van der Waals surface area (Å²) in [5, 5.41) is 7.27. The molecule has 0 radical (unpaired) electrons. The fraction of sp³-hybridized carbons (Fsp3) is 0.130. The van der Waals surface area contributed by atoms with Gasteiger partial charge in [0.2, 0.25) is 0 Å². The highest BCUT2D eigenvalue weighted by atomic mass is 32.2. The zero-order valence-electron chi connectivity index (χ0n) is 17.7. The van der Waals surface area contributed by atoms with Crippen LogP contribution in [0.5, 0.6) is 0 Å². The van der Waals surface area contributed by atoms with Crippen LogP contribution in [0.3, 0.4) is 0 Å². The molecule has 0 atom stereocenters. The van der Waals surface area contributed by atoms with Gasteiger partial charge in [0.15, 0.2) is 9.84 Å². The fourth-order valence-electron chi connectivity index (χ4n) is 3.10. The Bertz CT molecular complexity index is 1430. The number of urea groups is 1. The van der Waals surface area contributed by atoms with Gasteiger partial charge in [-0.05, 0) is 73.5 Å². The molecular weight excluding hydrogens is 462 g/mol. The third kappa shape index (κ3) is 5.12. The number of carbonyl (C=O) groups excluding carboxylic acids is 1. The second-order valence-electron chi connectivity index (χ2n) is 7.36. The minimum atomic E-state index is -3.34. The molecule has 2 amide bonds. The van der Waals surface area contributed by atoms with Crippen LogP contribution < -0.4 is 10.6 Å². The molecule has 2 aromatic carbocycles. The summed E-state index contributed by atoms with van der Waals surface area (Å²) in [5.74, 6) is 0. The molecule has 0 saturated heterocycles. The largest absolute Gasteiger partial charge is 0.324 e. The summed E-state index contributed by atoms with van der Waals surface area (Å²) in [4.78, 5) is 18.1. The molecular formula is C23H21N3O3S3. The van der Waals surface area contributed by atoms with Crippen LogP contribution in [-0.2, 0) is 9.84 Å². The van der Waals surface area contributed by atoms with E-state index in [1.54, 1.807) is 23.9 Å². The van der Waals surface area contributed by atoms with Gasteiger partial charge in [-0.1, -0.05) is 17.8 Å². The van der Waals surface area contributed by atoms with Crippen molar-refractivity contribution >= 4 is 60.6 Å². The quantitative estimate of drug-likeness (QED) is 0.357. The molecule has 6 nitrogen and oxygen atoms in total. The SMILES string of the molecule is Cc1cc2nccc(Sc3ccc(NC(=O)Nc4cccc(S(C)(=O)=O)c4)s3)c2cc1C. The summed E-state index contributed by atoms with van der Waals surface area (Å²) in [7, 11) is -3.34. The number of thiophene rings is 1. The summed E-state index contributed by atoms with van der Waals surface area (Å²) >= 11 is 3.09. The minimum absolute atomic E-state index is 0.153. The van der Waals surface area contributed by atoms with Gasteiger partial charge in [0.25, 0.3) is 0 Å². The van der Waals surface area contributed by atoms with Crippen LogP contribution in [0.4, 0.5) is 15.5 Å². The van der Waals surface area contributed by atoms with E-state index >= 15 is 0 Å². The molecule has 0 spiro atoms. The molecule has 0 unspecified atom stereocenters. The lowest BCUT2D eigenvalue weighted by molar-refractivity contribution is 0.262. The van der Waals surface area contributed by atoms with Gasteiger partial charge in [-0.25, -0.2) is 13.2 Å². The molecule has 4 rings (SSSR count). The standard InChI is InChI=1S/C23H21N3O3S3/c1-14-11-18-19(12-15(14)2)24-10-9-20(18)30-22-8-7-21(31-22)26-23(27)25-16-5-4-6-17(13-16)32(3,28)29/h4-13H,1-3H3,(H2,25,26,27). The number of rotatable bonds is 5. The Balaban J connectivity index is 1.46. The number of hydrogen-bond acceptors (Lipinski definition) is 6. The van der Waals surface area contributed by atoms with Gasteiger partial charge in [-0.2, -0.15) is 0 Å². The highest BCUT2D eigenvalue weighted by molar-refractivity contribution is 8.01. The number of aryl methyl sites for hydroxylation is 2. The van der Waals surface area contributed by atoms with Crippen molar-refractivity contribution in [1.29, 1.82) is 0 Å². The Labute approximate surface area is 195 Å². The number of anilines is 2. The maximum atomic E-state index is 12.4. The molecule has 0 saturated carbocycles. The van der Waals surface area contributed by atoms with E-state index in [1.165, 1.54) is 34.6 Å². The number of fused-ring (bicyclic) bond motifs is 1.